The van der Waals surface area contributed by atoms with Crippen LogP contribution in [0.1, 0.15) is 71.7 Å². The highest BCUT2D eigenvalue weighted by atomic mass is 16.6. The number of pyridine rings is 1. The molecule has 1 saturated heterocycles. The summed E-state index contributed by atoms with van der Waals surface area (Å²) in [5, 5.41) is 0.724. The summed E-state index contributed by atoms with van der Waals surface area (Å²) >= 11 is 0. The lowest BCUT2D eigenvalue weighted by molar-refractivity contribution is 0.156. The first kappa shape index (κ1) is 23.7. The number of hydrogen-bond acceptors (Lipinski definition) is 3. The van der Waals surface area contributed by atoms with Crippen molar-refractivity contribution in [1.82, 2.24) is 9.47 Å². The highest BCUT2D eigenvalue weighted by Gasteiger charge is 2.25. The van der Waals surface area contributed by atoms with E-state index in [4.69, 9.17) is 4.74 Å². The zero-order valence-electron chi connectivity index (χ0n) is 18.5. The lowest BCUT2D eigenvalue weighted by Gasteiger charge is -2.24. The first-order valence-electron chi connectivity index (χ1n) is 10.5. The van der Waals surface area contributed by atoms with Gasteiger partial charge in [0, 0.05) is 22.7 Å². The minimum absolute atomic E-state index is 0.0371. The molecule has 2 heterocycles. The van der Waals surface area contributed by atoms with E-state index in [-0.39, 0.29) is 17.6 Å². The molecule has 3 rings (SSSR count). The third-order valence-electron chi connectivity index (χ3n) is 4.67. The number of rotatable bonds is 4. The Labute approximate surface area is 169 Å². The van der Waals surface area contributed by atoms with Crippen LogP contribution >= 0.6 is 0 Å². The van der Waals surface area contributed by atoms with Gasteiger partial charge < -0.3 is 9.30 Å². The van der Waals surface area contributed by atoms with Crippen LogP contribution in [0.3, 0.4) is 0 Å². The Balaban J connectivity index is 0.000000583. The van der Waals surface area contributed by atoms with E-state index < -0.39 is 0 Å². The molecule has 0 atom stereocenters. The van der Waals surface area contributed by atoms with Gasteiger partial charge in [-0.3, -0.25) is 9.69 Å². The summed E-state index contributed by atoms with van der Waals surface area (Å²) in [6, 6.07) is 7.83. The molecule has 0 saturated carbocycles. The number of cyclic esters (lactones) is 1. The molecule has 0 aliphatic carbocycles. The van der Waals surface area contributed by atoms with Crippen molar-refractivity contribution in [3.8, 4) is 0 Å². The Hall–Kier alpha value is -2.30. The van der Waals surface area contributed by atoms with E-state index in [0.717, 1.165) is 16.6 Å². The van der Waals surface area contributed by atoms with Crippen molar-refractivity contribution >= 4 is 17.0 Å². The van der Waals surface area contributed by atoms with Gasteiger partial charge in [0.25, 0.3) is 0 Å². The number of carbonyl (C=O) groups is 1. The highest BCUT2D eigenvalue weighted by Crippen LogP contribution is 2.23. The average molecular weight is 389 g/mol. The lowest BCUT2D eigenvalue weighted by Crippen LogP contribution is -2.29. The van der Waals surface area contributed by atoms with Gasteiger partial charge in [0.05, 0.1) is 18.6 Å². The maximum absolute atomic E-state index is 12.6. The predicted molar refractivity (Wildman–Crippen MR) is 117 cm³/mol. The fraction of sp³-hybridized carbons (Fsp3) is 0.565. The van der Waals surface area contributed by atoms with Crippen LogP contribution in [0.5, 0.6) is 0 Å². The quantitative estimate of drug-likeness (QED) is 0.677. The molecular weight excluding hydrogens is 352 g/mol. The molecule has 1 aliphatic rings. The van der Waals surface area contributed by atoms with Gasteiger partial charge in [-0.15, -0.1) is 0 Å². The second-order valence-electron chi connectivity index (χ2n) is 6.92. The number of aromatic nitrogens is 1. The molecule has 1 amide bonds. The SMILES string of the molecule is CC.CCCC.Cc1c(CN2CCOC2=O)n(C(C)C)c2ccccc2c1=O. The molecule has 28 heavy (non-hydrogen) atoms. The maximum atomic E-state index is 12.6. The number of unbranched alkanes of at least 4 members (excludes halogenated alkanes) is 1. The molecule has 0 N–H and O–H groups in total. The normalized spacial score (nSPS) is 13.0. The molecule has 156 valence electrons. The Morgan fingerprint density at radius 3 is 2.18 bits per heavy atom. The van der Waals surface area contributed by atoms with Crippen LogP contribution in [0.25, 0.3) is 10.9 Å². The van der Waals surface area contributed by atoms with Gasteiger partial charge in [0.1, 0.15) is 6.61 Å². The van der Waals surface area contributed by atoms with E-state index in [2.05, 4.69) is 32.3 Å². The Bertz CT molecular complexity index is 822. The monoisotopic (exact) mass is 388 g/mol. The molecule has 5 heteroatoms. The standard InChI is InChI=1S/C17H20N2O3.C4H10.C2H6/c1-11(2)19-14-7-5-4-6-13(14)16(20)12(3)15(19)10-18-8-9-22-17(18)21;1-3-4-2;1-2/h4-7,11H,8-10H2,1-3H3;3-4H2,1-2H3;1-2H3. The van der Waals surface area contributed by atoms with Crippen molar-refractivity contribution < 1.29 is 9.53 Å². The van der Waals surface area contributed by atoms with Gasteiger partial charge in [0.2, 0.25) is 0 Å². The van der Waals surface area contributed by atoms with Crippen LogP contribution in [0.2, 0.25) is 0 Å². The molecule has 0 radical (unpaired) electrons. The fourth-order valence-corrected chi connectivity index (χ4v) is 3.07. The van der Waals surface area contributed by atoms with E-state index in [9.17, 15) is 9.59 Å². The second-order valence-corrected chi connectivity index (χ2v) is 6.92. The third-order valence-corrected chi connectivity index (χ3v) is 4.67. The molecule has 1 aromatic carbocycles. The number of para-hydroxylation sites is 1. The van der Waals surface area contributed by atoms with Crippen molar-refractivity contribution in [3.05, 3.63) is 45.7 Å². The summed E-state index contributed by atoms with van der Waals surface area (Å²) in [5.74, 6) is 0. The minimum Gasteiger partial charge on any atom is -0.448 e. The summed E-state index contributed by atoms with van der Waals surface area (Å²) in [6.07, 6.45) is 2.33. The Kier molecular flexibility index (Phi) is 9.77. The van der Waals surface area contributed by atoms with Gasteiger partial charge in [0.15, 0.2) is 5.43 Å². The average Bonchev–Trinajstić information content (AvgIpc) is 3.12. The van der Waals surface area contributed by atoms with Crippen LogP contribution in [0, 0.1) is 6.92 Å². The summed E-state index contributed by atoms with van der Waals surface area (Å²) in [5.41, 5.74) is 2.54. The molecule has 2 aromatic rings. The second kappa shape index (κ2) is 11.5. The molecule has 1 aromatic heterocycles. The minimum atomic E-state index is -0.310. The van der Waals surface area contributed by atoms with E-state index in [0.29, 0.717) is 25.3 Å². The summed E-state index contributed by atoms with van der Waals surface area (Å²) in [6.45, 7) is 15.8. The zero-order chi connectivity index (χ0) is 21.3. The Morgan fingerprint density at radius 1 is 1.07 bits per heavy atom. The number of benzene rings is 1. The Morgan fingerprint density at radius 2 is 1.68 bits per heavy atom. The van der Waals surface area contributed by atoms with E-state index in [1.807, 2.05) is 45.0 Å². The molecule has 1 fully saturated rings. The fourth-order valence-electron chi connectivity index (χ4n) is 3.07. The van der Waals surface area contributed by atoms with Gasteiger partial charge in [-0.25, -0.2) is 4.79 Å². The molecule has 0 unspecified atom stereocenters. The summed E-state index contributed by atoms with van der Waals surface area (Å²) < 4.78 is 7.15. The molecule has 1 aliphatic heterocycles. The molecular formula is C23H36N2O3. The number of hydrogen-bond donors (Lipinski definition) is 0. The number of fused-ring (bicyclic) bond motifs is 1. The summed E-state index contributed by atoms with van der Waals surface area (Å²) in [7, 11) is 0. The van der Waals surface area contributed by atoms with E-state index in [1.54, 1.807) is 4.90 Å². The van der Waals surface area contributed by atoms with Gasteiger partial charge >= 0.3 is 6.09 Å². The first-order chi connectivity index (χ1) is 13.4. The van der Waals surface area contributed by atoms with Crippen LogP contribution in [0.15, 0.2) is 29.1 Å². The van der Waals surface area contributed by atoms with E-state index in [1.165, 1.54) is 12.8 Å². The maximum Gasteiger partial charge on any atom is 0.410 e. The first-order valence-corrected chi connectivity index (χ1v) is 10.5. The van der Waals surface area contributed by atoms with Crippen LogP contribution in [-0.4, -0.2) is 28.7 Å². The van der Waals surface area contributed by atoms with Gasteiger partial charge in [-0.2, -0.15) is 0 Å². The zero-order valence-corrected chi connectivity index (χ0v) is 18.5. The van der Waals surface area contributed by atoms with Crippen LogP contribution < -0.4 is 5.43 Å². The van der Waals surface area contributed by atoms with Crippen LogP contribution in [-0.2, 0) is 11.3 Å². The third kappa shape index (κ3) is 5.37. The number of carbonyl (C=O) groups excluding carboxylic acids is 1. The summed E-state index contributed by atoms with van der Waals surface area (Å²) in [4.78, 5) is 26.0. The van der Waals surface area contributed by atoms with E-state index >= 15 is 0 Å². The highest BCUT2D eigenvalue weighted by molar-refractivity contribution is 5.80. The van der Waals surface area contributed by atoms with Crippen molar-refractivity contribution in [1.29, 1.82) is 0 Å². The molecule has 0 bridgehead atoms. The van der Waals surface area contributed by atoms with Crippen molar-refractivity contribution in [3.63, 3.8) is 0 Å². The largest absolute Gasteiger partial charge is 0.448 e. The number of ether oxygens (including phenoxy) is 1. The van der Waals surface area contributed by atoms with Crippen molar-refractivity contribution in [2.45, 2.75) is 73.9 Å². The molecule has 5 nitrogen and oxygen atoms in total. The van der Waals surface area contributed by atoms with Gasteiger partial charge in [-0.1, -0.05) is 52.7 Å². The number of nitrogens with zero attached hydrogens (tertiary/aromatic N) is 2. The predicted octanol–water partition coefficient (Wildman–Crippen LogP) is 5.68. The van der Waals surface area contributed by atoms with Gasteiger partial charge in [-0.05, 0) is 32.9 Å². The van der Waals surface area contributed by atoms with Crippen LogP contribution in [0.4, 0.5) is 4.79 Å². The van der Waals surface area contributed by atoms with Crippen molar-refractivity contribution in [2.75, 3.05) is 13.2 Å². The topological polar surface area (TPSA) is 51.5 Å². The lowest BCUT2D eigenvalue weighted by atomic mass is 10.1. The number of amides is 1. The molecule has 0 spiro atoms. The smallest absolute Gasteiger partial charge is 0.410 e. The van der Waals surface area contributed by atoms with Crippen molar-refractivity contribution in [2.24, 2.45) is 0 Å².